The molecule has 92 valence electrons. The molecular formula is C9H16N2O5. The average molecular weight is 232 g/mol. The number of aliphatic hydroxyl groups is 1. The van der Waals surface area contributed by atoms with Crippen molar-refractivity contribution in [2.75, 3.05) is 26.2 Å². The smallest absolute Gasteiger partial charge is 0.414 e. The van der Waals surface area contributed by atoms with E-state index in [2.05, 4.69) is 10.2 Å². The van der Waals surface area contributed by atoms with Gasteiger partial charge in [0.25, 0.3) is 0 Å². The number of piperazine rings is 1. The van der Waals surface area contributed by atoms with Gasteiger partial charge in [0, 0.05) is 32.2 Å². The minimum absolute atomic E-state index is 0.0649. The van der Waals surface area contributed by atoms with Crippen LogP contribution in [0.25, 0.3) is 0 Å². The molecule has 0 aromatic rings. The Morgan fingerprint density at radius 3 is 2.38 bits per heavy atom. The van der Waals surface area contributed by atoms with Crippen molar-refractivity contribution in [3.8, 4) is 0 Å². The molecule has 0 amide bonds. The van der Waals surface area contributed by atoms with Crippen molar-refractivity contribution in [1.82, 2.24) is 10.2 Å². The zero-order chi connectivity index (χ0) is 12.1. The number of nitrogens with one attached hydrogen (secondary N) is 1. The summed E-state index contributed by atoms with van der Waals surface area (Å²) in [6.07, 6.45) is 0.900. The zero-order valence-electron chi connectivity index (χ0n) is 8.80. The molecule has 7 heteroatoms. The quantitative estimate of drug-likeness (QED) is 0.364. The van der Waals surface area contributed by atoms with E-state index in [0.29, 0.717) is 6.04 Å². The van der Waals surface area contributed by atoms with Gasteiger partial charge in [0.2, 0.25) is 0 Å². The molecule has 2 heterocycles. The van der Waals surface area contributed by atoms with Crippen LogP contribution in [-0.2, 0) is 9.59 Å². The first-order valence-corrected chi connectivity index (χ1v) is 5.09. The summed E-state index contributed by atoms with van der Waals surface area (Å²) in [6.45, 7) is 4.16. The number of hydrogen-bond acceptors (Lipinski definition) is 5. The molecule has 4 N–H and O–H groups in total. The van der Waals surface area contributed by atoms with E-state index in [1.54, 1.807) is 0 Å². The molecule has 0 bridgehead atoms. The largest absolute Gasteiger partial charge is 0.473 e. The number of carbonyl (C=O) groups is 2. The van der Waals surface area contributed by atoms with Crippen molar-refractivity contribution in [2.24, 2.45) is 0 Å². The fourth-order valence-corrected chi connectivity index (χ4v) is 1.94. The number of hydrogen-bond donors (Lipinski definition) is 4. The molecule has 7 nitrogen and oxygen atoms in total. The van der Waals surface area contributed by atoms with E-state index in [-0.39, 0.29) is 6.10 Å². The molecule has 0 spiro atoms. The van der Waals surface area contributed by atoms with E-state index >= 15 is 0 Å². The highest BCUT2D eigenvalue weighted by Gasteiger charge is 2.31. The zero-order valence-corrected chi connectivity index (χ0v) is 8.80. The minimum Gasteiger partial charge on any atom is -0.473 e. The lowest BCUT2D eigenvalue weighted by Gasteiger charge is -2.29. The Hall–Kier alpha value is -1.18. The van der Waals surface area contributed by atoms with E-state index < -0.39 is 11.9 Å². The van der Waals surface area contributed by atoms with Crippen molar-refractivity contribution in [2.45, 2.75) is 18.6 Å². The van der Waals surface area contributed by atoms with Gasteiger partial charge in [-0.2, -0.15) is 0 Å². The predicted molar refractivity (Wildman–Crippen MR) is 54.1 cm³/mol. The highest BCUT2D eigenvalue weighted by molar-refractivity contribution is 6.27. The van der Waals surface area contributed by atoms with Crippen LogP contribution in [0.15, 0.2) is 0 Å². The van der Waals surface area contributed by atoms with E-state index in [9.17, 15) is 5.11 Å². The standard InChI is InChI=1S/C7H14N2O.C2H2O4/c10-7-3-6-4-8-1-2-9(6)5-7;3-1(4)2(5)6/h6-8,10H,1-5H2;(H,3,4)(H,5,6)/t6-,7-;/m1./s1. The Morgan fingerprint density at radius 2 is 1.88 bits per heavy atom. The van der Waals surface area contributed by atoms with Crippen LogP contribution >= 0.6 is 0 Å². The van der Waals surface area contributed by atoms with Crippen molar-refractivity contribution >= 4 is 11.9 Å². The molecule has 0 aliphatic carbocycles. The van der Waals surface area contributed by atoms with Crippen molar-refractivity contribution in [3.63, 3.8) is 0 Å². The van der Waals surface area contributed by atoms with Crippen LogP contribution in [0.4, 0.5) is 0 Å². The summed E-state index contributed by atoms with van der Waals surface area (Å²) in [5.74, 6) is -3.65. The van der Waals surface area contributed by atoms with Gasteiger partial charge in [0.05, 0.1) is 6.10 Å². The molecule has 2 fully saturated rings. The Balaban J connectivity index is 0.000000187. The molecule has 2 atom stereocenters. The van der Waals surface area contributed by atoms with Crippen LogP contribution in [0.2, 0.25) is 0 Å². The second-order valence-electron chi connectivity index (χ2n) is 3.85. The summed E-state index contributed by atoms with van der Waals surface area (Å²) in [6, 6.07) is 0.615. The van der Waals surface area contributed by atoms with Crippen LogP contribution in [0.3, 0.4) is 0 Å². The number of nitrogens with zero attached hydrogens (tertiary/aromatic N) is 1. The van der Waals surface area contributed by atoms with Gasteiger partial charge >= 0.3 is 11.9 Å². The number of aliphatic hydroxyl groups excluding tert-OH is 1. The fourth-order valence-electron chi connectivity index (χ4n) is 1.94. The molecule has 2 aliphatic rings. The molecule has 0 aromatic carbocycles. The van der Waals surface area contributed by atoms with Crippen LogP contribution in [0, 0.1) is 0 Å². The fraction of sp³-hybridized carbons (Fsp3) is 0.778. The summed E-state index contributed by atoms with van der Waals surface area (Å²) in [5.41, 5.74) is 0. The van der Waals surface area contributed by atoms with Crippen LogP contribution in [0.1, 0.15) is 6.42 Å². The topological polar surface area (TPSA) is 110 Å². The lowest BCUT2D eigenvalue weighted by Crippen LogP contribution is -2.47. The maximum Gasteiger partial charge on any atom is 0.414 e. The second kappa shape index (κ2) is 5.78. The van der Waals surface area contributed by atoms with Gasteiger partial charge in [-0.25, -0.2) is 9.59 Å². The van der Waals surface area contributed by atoms with E-state index in [1.165, 1.54) is 0 Å². The van der Waals surface area contributed by atoms with Gasteiger partial charge in [0.1, 0.15) is 0 Å². The van der Waals surface area contributed by atoms with E-state index in [1.807, 2.05) is 0 Å². The first-order chi connectivity index (χ1) is 7.50. The molecule has 0 saturated carbocycles. The summed E-state index contributed by atoms with van der Waals surface area (Å²) >= 11 is 0. The lowest BCUT2D eigenvalue weighted by molar-refractivity contribution is -0.159. The molecule has 0 aromatic heterocycles. The van der Waals surface area contributed by atoms with Crippen LogP contribution in [0.5, 0.6) is 0 Å². The summed E-state index contributed by atoms with van der Waals surface area (Å²) < 4.78 is 0. The van der Waals surface area contributed by atoms with Gasteiger partial charge in [0.15, 0.2) is 0 Å². The Morgan fingerprint density at radius 1 is 1.25 bits per heavy atom. The maximum atomic E-state index is 9.29. The number of rotatable bonds is 0. The molecule has 2 aliphatic heterocycles. The molecule has 2 rings (SSSR count). The summed E-state index contributed by atoms with van der Waals surface area (Å²) in [7, 11) is 0. The number of fused-ring (bicyclic) bond motifs is 1. The Labute approximate surface area is 92.7 Å². The predicted octanol–water partition coefficient (Wildman–Crippen LogP) is -1.82. The van der Waals surface area contributed by atoms with Crippen LogP contribution in [-0.4, -0.2) is 70.5 Å². The molecular weight excluding hydrogens is 216 g/mol. The number of carboxylic acids is 2. The second-order valence-corrected chi connectivity index (χ2v) is 3.85. The van der Waals surface area contributed by atoms with Gasteiger partial charge in [-0.3, -0.25) is 4.90 Å². The van der Waals surface area contributed by atoms with Crippen molar-refractivity contribution in [1.29, 1.82) is 0 Å². The maximum absolute atomic E-state index is 9.29. The highest BCUT2D eigenvalue weighted by atomic mass is 16.4. The average Bonchev–Trinajstić information content (AvgIpc) is 2.58. The summed E-state index contributed by atoms with van der Waals surface area (Å²) in [5, 5.41) is 27.4. The van der Waals surface area contributed by atoms with E-state index in [0.717, 1.165) is 32.6 Å². The number of aliphatic carboxylic acids is 2. The third kappa shape index (κ3) is 3.76. The first-order valence-electron chi connectivity index (χ1n) is 5.09. The monoisotopic (exact) mass is 232 g/mol. The lowest BCUT2D eigenvalue weighted by atomic mass is 10.2. The normalized spacial score (nSPS) is 28.8. The summed E-state index contributed by atoms with van der Waals surface area (Å²) in [4.78, 5) is 20.6. The van der Waals surface area contributed by atoms with E-state index in [4.69, 9.17) is 19.8 Å². The minimum atomic E-state index is -1.82. The van der Waals surface area contributed by atoms with Crippen LogP contribution < -0.4 is 5.32 Å². The Kier molecular flexibility index (Phi) is 4.66. The molecule has 2 saturated heterocycles. The molecule has 16 heavy (non-hydrogen) atoms. The SMILES string of the molecule is O=C(O)C(=O)O.O[C@@H]1C[C@@H]2CNCCN2C1. The highest BCUT2D eigenvalue weighted by Crippen LogP contribution is 2.18. The van der Waals surface area contributed by atoms with Crippen molar-refractivity contribution < 1.29 is 24.9 Å². The van der Waals surface area contributed by atoms with Gasteiger partial charge in [-0.1, -0.05) is 0 Å². The third-order valence-corrected chi connectivity index (χ3v) is 2.64. The van der Waals surface area contributed by atoms with Gasteiger partial charge in [-0.15, -0.1) is 0 Å². The van der Waals surface area contributed by atoms with Gasteiger partial charge < -0.3 is 20.6 Å². The van der Waals surface area contributed by atoms with Gasteiger partial charge in [-0.05, 0) is 6.42 Å². The number of carboxylic acid groups (broad SMARTS) is 2. The Bertz CT molecular complexity index is 245. The third-order valence-electron chi connectivity index (χ3n) is 2.64. The molecule has 0 radical (unpaired) electrons. The molecule has 0 unspecified atom stereocenters. The first kappa shape index (κ1) is 12.9. The van der Waals surface area contributed by atoms with Crippen molar-refractivity contribution in [3.05, 3.63) is 0 Å².